The first kappa shape index (κ1) is 12.9. The van der Waals surface area contributed by atoms with E-state index >= 15 is 0 Å². The summed E-state index contributed by atoms with van der Waals surface area (Å²) in [6.45, 7) is 5.71. The van der Waals surface area contributed by atoms with Crippen LogP contribution in [-0.4, -0.2) is 10.1 Å². The number of nitrogens with zero attached hydrogens (tertiary/aromatic N) is 1. The number of hydrogen-bond acceptors (Lipinski definition) is 2. The van der Waals surface area contributed by atoms with Gasteiger partial charge in [-0.05, 0) is 68.9 Å². The van der Waals surface area contributed by atoms with Gasteiger partial charge in [0.15, 0.2) is 0 Å². The lowest BCUT2D eigenvalue weighted by molar-refractivity contribution is 0.0792. The Hall–Kier alpha value is -1.12. The molecule has 0 saturated heterocycles. The Morgan fingerprint density at radius 1 is 1.26 bits per heavy atom. The van der Waals surface area contributed by atoms with Crippen LogP contribution in [0.15, 0.2) is 12.1 Å². The molecule has 0 aliphatic heterocycles. The first-order chi connectivity index (χ1) is 8.88. The van der Waals surface area contributed by atoms with Crippen LogP contribution in [0.3, 0.4) is 0 Å². The fourth-order valence-electron chi connectivity index (χ4n) is 3.19. The summed E-state index contributed by atoms with van der Waals surface area (Å²) in [6.07, 6.45) is 3.13. The maximum Gasteiger partial charge on any atom is 0.0850 e. The zero-order chi connectivity index (χ0) is 13.8. The van der Waals surface area contributed by atoms with Crippen LogP contribution in [0.1, 0.15) is 42.7 Å². The standard InChI is InChI=1S/C16H18ClNO/c1-9-7-10(17)8-12-14(16(2,3)19)11-5-4-6-13(11)18-15(9)12/h7-8,19H,4-6H2,1-3H3. The van der Waals surface area contributed by atoms with Crippen LogP contribution >= 0.6 is 11.6 Å². The largest absolute Gasteiger partial charge is 0.386 e. The van der Waals surface area contributed by atoms with Crippen molar-refractivity contribution in [2.75, 3.05) is 0 Å². The monoisotopic (exact) mass is 275 g/mol. The predicted molar refractivity (Wildman–Crippen MR) is 78.8 cm³/mol. The first-order valence-corrected chi connectivity index (χ1v) is 7.10. The van der Waals surface area contributed by atoms with Gasteiger partial charge < -0.3 is 5.11 Å². The van der Waals surface area contributed by atoms with Crippen LogP contribution in [0.2, 0.25) is 5.02 Å². The van der Waals surface area contributed by atoms with Crippen molar-refractivity contribution in [3.63, 3.8) is 0 Å². The molecule has 0 radical (unpaired) electrons. The highest BCUT2D eigenvalue weighted by molar-refractivity contribution is 6.31. The van der Waals surface area contributed by atoms with E-state index in [4.69, 9.17) is 16.6 Å². The van der Waals surface area contributed by atoms with Crippen LogP contribution in [-0.2, 0) is 18.4 Å². The van der Waals surface area contributed by atoms with E-state index in [-0.39, 0.29) is 0 Å². The molecule has 3 rings (SSSR count). The summed E-state index contributed by atoms with van der Waals surface area (Å²) in [5.41, 5.74) is 4.56. The minimum absolute atomic E-state index is 0.704. The first-order valence-electron chi connectivity index (χ1n) is 6.72. The highest BCUT2D eigenvalue weighted by atomic mass is 35.5. The van der Waals surface area contributed by atoms with E-state index in [1.165, 1.54) is 5.56 Å². The molecule has 0 atom stereocenters. The average molecular weight is 276 g/mol. The fraction of sp³-hybridized carbons (Fsp3) is 0.438. The lowest BCUT2D eigenvalue weighted by Gasteiger charge is -2.24. The van der Waals surface area contributed by atoms with Gasteiger partial charge in [0, 0.05) is 16.1 Å². The van der Waals surface area contributed by atoms with Crippen molar-refractivity contribution in [2.24, 2.45) is 0 Å². The molecule has 0 bridgehead atoms. The van der Waals surface area contributed by atoms with E-state index in [2.05, 4.69) is 0 Å². The average Bonchev–Trinajstić information content (AvgIpc) is 2.71. The maximum absolute atomic E-state index is 10.6. The number of benzene rings is 1. The second kappa shape index (κ2) is 4.19. The minimum atomic E-state index is -0.868. The Morgan fingerprint density at radius 3 is 2.68 bits per heavy atom. The van der Waals surface area contributed by atoms with E-state index < -0.39 is 5.60 Å². The maximum atomic E-state index is 10.6. The van der Waals surface area contributed by atoms with Crippen molar-refractivity contribution in [2.45, 2.75) is 45.6 Å². The summed E-state index contributed by atoms with van der Waals surface area (Å²) in [5, 5.41) is 12.3. The second-order valence-corrected chi connectivity index (χ2v) is 6.38. The molecule has 1 heterocycles. The zero-order valence-corrected chi connectivity index (χ0v) is 12.3. The highest BCUT2D eigenvalue weighted by Crippen LogP contribution is 2.38. The molecule has 0 saturated carbocycles. The topological polar surface area (TPSA) is 33.1 Å². The molecule has 2 nitrogen and oxygen atoms in total. The number of aromatic nitrogens is 1. The molecule has 2 aromatic rings. The molecule has 19 heavy (non-hydrogen) atoms. The zero-order valence-electron chi connectivity index (χ0n) is 11.5. The number of rotatable bonds is 1. The number of fused-ring (bicyclic) bond motifs is 2. The number of aliphatic hydroxyl groups is 1. The molecule has 1 N–H and O–H groups in total. The molecule has 0 amide bonds. The molecular formula is C16H18ClNO. The summed E-state index contributed by atoms with van der Waals surface area (Å²) >= 11 is 6.19. The summed E-state index contributed by atoms with van der Waals surface area (Å²) in [7, 11) is 0. The minimum Gasteiger partial charge on any atom is -0.386 e. The summed E-state index contributed by atoms with van der Waals surface area (Å²) in [6, 6.07) is 3.87. The smallest absolute Gasteiger partial charge is 0.0850 e. The SMILES string of the molecule is Cc1cc(Cl)cc2c(C(C)(C)O)c3c(nc12)CCC3. The Labute approximate surface area is 118 Å². The van der Waals surface area contributed by atoms with Crippen molar-refractivity contribution in [3.8, 4) is 0 Å². The van der Waals surface area contributed by atoms with Gasteiger partial charge in [0.25, 0.3) is 0 Å². The van der Waals surface area contributed by atoms with E-state index in [9.17, 15) is 5.11 Å². The van der Waals surface area contributed by atoms with Gasteiger partial charge in [-0.15, -0.1) is 0 Å². The normalized spacial score (nSPS) is 15.0. The molecule has 1 aromatic carbocycles. The molecule has 1 aliphatic carbocycles. The van der Waals surface area contributed by atoms with Crippen LogP contribution < -0.4 is 0 Å². The van der Waals surface area contributed by atoms with Gasteiger partial charge in [0.1, 0.15) is 0 Å². The number of halogens is 1. The van der Waals surface area contributed by atoms with Gasteiger partial charge >= 0.3 is 0 Å². The third-order valence-electron chi connectivity index (χ3n) is 3.88. The van der Waals surface area contributed by atoms with E-state index in [1.54, 1.807) is 0 Å². The Balaban J connectivity index is 2.49. The third-order valence-corrected chi connectivity index (χ3v) is 4.10. The Kier molecular flexibility index (Phi) is 2.84. The summed E-state index contributed by atoms with van der Waals surface area (Å²) < 4.78 is 0. The van der Waals surface area contributed by atoms with E-state index in [1.807, 2.05) is 32.9 Å². The van der Waals surface area contributed by atoms with Crippen molar-refractivity contribution in [3.05, 3.63) is 39.5 Å². The lowest BCUT2D eigenvalue weighted by Crippen LogP contribution is -2.19. The van der Waals surface area contributed by atoms with Crippen LogP contribution in [0, 0.1) is 6.92 Å². The lowest BCUT2D eigenvalue weighted by atomic mass is 9.88. The van der Waals surface area contributed by atoms with E-state index in [0.29, 0.717) is 5.02 Å². The van der Waals surface area contributed by atoms with Gasteiger partial charge in [-0.1, -0.05) is 11.6 Å². The quantitative estimate of drug-likeness (QED) is 0.856. The summed E-state index contributed by atoms with van der Waals surface area (Å²) in [5.74, 6) is 0. The van der Waals surface area contributed by atoms with Gasteiger partial charge in [-0.3, -0.25) is 4.98 Å². The third kappa shape index (κ3) is 2.03. The Morgan fingerprint density at radius 2 is 2.00 bits per heavy atom. The van der Waals surface area contributed by atoms with Crippen molar-refractivity contribution < 1.29 is 5.11 Å². The summed E-state index contributed by atoms with van der Waals surface area (Å²) in [4.78, 5) is 4.80. The van der Waals surface area contributed by atoms with Gasteiger partial charge in [-0.2, -0.15) is 0 Å². The van der Waals surface area contributed by atoms with Crippen LogP contribution in [0.25, 0.3) is 10.9 Å². The van der Waals surface area contributed by atoms with Crippen molar-refractivity contribution in [1.29, 1.82) is 0 Å². The predicted octanol–water partition coefficient (Wildman–Crippen LogP) is 3.91. The Bertz CT molecular complexity index is 671. The number of aryl methyl sites for hydroxylation is 2. The molecule has 0 unspecified atom stereocenters. The fourth-order valence-corrected chi connectivity index (χ4v) is 3.46. The second-order valence-electron chi connectivity index (χ2n) is 5.94. The molecule has 0 spiro atoms. The molecule has 100 valence electrons. The highest BCUT2D eigenvalue weighted by Gasteiger charge is 2.28. The molecule has 3 heteroatoms. The van der Waals surface area contributed by atoms with E-state index in [0.717, 1.165) is 47.0 Å². The van der Waals surface area contributed by atoms with Crippen molar-refractivity contribution in [1.82, 2.24) is 4.98 Å². The molecule has 1 aromatic heterocycles. The molecule has 0 fully saturated rings. The number of pyridine rings is 1. The van der Waals surface area contributed by atoms with Crippen LogP contribution in [0.4, 0.5) is 0 Å². The van der Waals surface area contributed by atoms with Gasteiger partial charge in [0.05, 0.1) is 11.1 Å². The number of hydrogen-bond donors (Lipinski definition) is 1. The van der Waals surface area contributed by atoms with Crippen LogP contribution in [0.5, 0.6) is 0 Å². The van der Waals surface area contributed by atoms with Crippen molar-refractivity contribution >= 4 is 22.5 Å². The molecule has 1 aliphatic rings. The van der Waals surface area contributed by atoms with Gasteiger partial charge in [-0.25, -0.2) is 0 Å². The molecular weight excluding hydrogens is 258 g/mol. The van der Waals surface area contributed by atoms with Gasteiger partial charge in [0.2, 0.25) is 0 Å².